The highest BCUT2D eigenvalue weighted by atomic mass is 127. The van der Waals surface area contributed by atoms with E-state index in [4.69, 9.17) is 13.9 Å². The number of hydrogen-bond acceptors (Lipinski definition) is 4. The Morgan fingerprint density at radius 2 is 1.96 bits per heavy atom. The number of ether oxygens (including phenoxy) is 2. The second kappa shape index (κ2) is 10.2. The highest BCUT2D eigenvalue weighted by Crippen LogP contribution is 2.32. The van der Waals surface area contributed by atoms with Gasteiger partial charge in [-0.1, -0.05) is 13.0 Å². The summed E-state index contributed by atoms with van der Waals surface area (Å²) in [4.78, 5) is 4.64. The molecule has 0 amide bonds. The number of rotatable bonds is 7. The van der Waals surface area contributed by atoms with Gasteiger partial charge in [0.15, 0.2) is 17.5 Å². The Morgan fingerprint density at radius 1 is 1.12 bits per heavy atom. The monoisotopic (exact) mass is 457 g/mol. The fourth-order valence-corrected chi connectivity index (χ4v) is 2.39. The molecule has 0 saturated carbocycles. The number of fused-ring (bicyclic) bond motifs is 1. The molecule has 0 aliphatic carbocycles. The summed E-state index contributed by atoms with van der Waals surface area (Å²) in [5.74, 6) is 3.36. The van der Waals surface area contributed by atoms with Crippen LogP contribution in [0, 0.1) is 0 Å². The Kier molecular flexibility index (Phi) is 7.90. The van der Waals surface area contributed by atoms with Crippen molar-refractivity contribution >= 4 is 29.9 Å². The van der Waals surface area contributed by atoms with E-state index >= 15 is 0 Å². The molecule has 2 heterocycles. The minimum Gasteiger partial charge on any atom is -0.469 e. The van der Waals surface area contributed by atoms with Crippen LogP contribution in [0.4, 0.5) is 0 Å². The molecule has 1 aromatic carbocycles. The molecular weight excluding hydrogens is 433 g/mol. The first-order chi connectivity index (χ1) is 11.8. The van der Waals surface area contributed by atoms with Gasteiger partial charge in [-0.3, -0.25) is 0 Å². The molecule has 0 fully saturated rings. The Hall–Kier alpha value is -1.90. The lowest BCUT2D eigenvalue weighted by molar-refractivity contribution is 0.174. The molecule has 1 aromatic heterocycles. The molecule has 0 saturated heterocycles. The Labute approximate surface area is 165 Å². The molecule has 2 aromatic rings. The van der Waals surface area contributed by atoms with E-state index in [2.05, 4.69) is 22.5 Å². The first kappa shape index (κ1) is 19.4. The summed E-state index contributed by atoms with van der Waals surface area (Å²) in [6, 6.07) is 9.80. The summed E-state index contributed by atoms with van der Waals surface area (Å²) in [5.41, 5.74) is 1.09. The molecule has 0 atom stereocenters. The van der Waals surface area contributed by atoms with E-state index in [-0.39, 0.29) is 24.0 Å². The molecule has 0 spiro atoms. The molecule has 1 aliphatic rings. The number of aliphatic imine (C=N–C) groups is 1. The SMILES string of the molecule is CCCNC(=NCc1ccc2c(c1)OCO2)NCCc1ccco1.I. The van der Waals surface area contributed by atoms with Crippen LogP contribution in [0.2, 0.25) is 0 Å². The van der Waals surface area contributed by atoms with Crippen LogP contribution < -0.4 is 20.1 Å². The van der Waals surface area contributed by atoms with Crippen LogP contribution in [0.25, 0.3) is 0 Å². The van der Waals surface area contributed by atoms with Crippen LogP contribution >= 0.6 is 24.0 Å². The zero-order chi connectivity index (χ0) is 16.6. The minimum atomic E-state index is 0. The molecule has 6 nitrogen and oxygen atoms in total. The van der Waals surface area contributed by atoms with Crippen molar-refractivity contribution in [2.75, 3.05) is 19.9 Å². The summed E-state index contributed by atoms with van der Waals surface area (Å²) in [6.45, 7) is 4.65. The number of benzene rings is 1. The van der Waals surface area contributed by atoms with Crippen molar-refractivity contribution in [1.82, 2.24) is 10.6 Å². The molecule has 3 rings (SSSR count). The first-order valence-corrected chi connectivity index (χ1v) is 8.28. The third kappa shape index (κ3) is 5.84. The molecule has 25 heavy (non-hydrogen) atoms. The van der Waals surface area contributed by atoms with E-state index in [1.807, 2.05) is 30.3 Å². The van der Waals surface area contributed by atoms with E-state index in [1.165, 1.54) is 0 Å². The van der Waals surface area contributed by atoms with Gasteiger partial charge in [0.1, 0.15) is 5.76 Å². The van der Waals surface area contributed by atoms with Crippen molar-refractivity contribution in [3.63, 3.8) is 0 Å². The fourth-order valence-electron chi connectivity index (χ4n) is 2.39. The van der Waals surface area contributed by atoms with Gasteiger partial charge in [-0.25, -0.2) is 4.99 Å². The van der Waals surface area contributed by atoms with E-state index in [1.54, 1.807) is 6.26 Å². The Balaban J connectivity index is 0.00000225. The zero-order valence-corrected chi connectivity index (χ0v) is 16.6. The Morgan fingerprint density at radius 3 is 2.76 bits per heavy atom. The van der Waals surface area contributed by atoms with Crippen LogP contribution in [0.3, 0.4) is 0 Å². The molecule has 0 unspecified atom stereocenters. The highest BCUT2D eigenvalue weighted by molar-refractivity contribution is 14.0. The van der Waals surface area contributed by atoms with Gasteiger partial charge >= 0.3 is 0 Å². The average molecular weight is 457 g/mol. The molecule has 2 N–H and O–H groups in total. The van der Waals surface area contributed by atoms with Gasteiger partial charge in [0, 0.05) is 19.5 Å². The summed E-state index contributed by atoms with van der Waals surface area (Å²) < 4.78 is 16.1. The van der Waals surface area contributed by atoms with Crippen molar-refractivity contribution in [3.8, 4) is 11.5 Å². The normalized spacial score (nSPS) is 12.6. The van der Waals surface area contributed by atoms with Crippen LogP contribution in [0.15, 0.2) is 46.0 Å². The average Bonchev–Trinajstić information content (AvgIpc) is 3.27. The lowest BCUT2D eigenvalue weighted by Gasteiger charge is -2.11. The maximum Gasteiger partial charge on any atom is 0.231 e. The van der Waals surface area contributed by atoms with Gasteiger partial charge in [0.25, 0.3) is 0 Å². The standard InChI is InChI=1S/C18H23N3O3.HI/c1-2-8-19-18(20-9-7-15-4-3-10-22-15)21-12-14-5-6-16-17(11-14)24-13-23-16;/h3-6,10-11H,2,7-9,12-13H2,1H3,(H2,19,20,21);1H. The number of hydrogen-bond donors (Lipinski definition) is 2. The van der Waals surface area contributed by atoms with Gasteiger partial charge in [0.05, 0.1) is 12.8 Å². The molecule has 136 valence electrons. The Bertz CT molecular complexity index is 674. The largest absolute Gasteiger partial charge is 0.469 e. The number of guanidine groups is 1. The van der Waals surface area contributed by atoms with E-state index in [9.17, 15) is 0 Å². The molecule has 0 radical (unpaired) electrons. The second-order valence-corrected chi connectivity index (χ2v) is 5.54. The number of halogens is 1. The summed E-state index contributed by atoms with van der Waals surface area (Å²) in [7, 11) is 0. The van der Waals surface area contributed by atoms with Gasteiger partial charge < -0.3 is 24.5 Å². The maximum absolute atomic E-state index is 5.40. The molecule has 0 bridgehead atoms. The molecule has 7 heteroatoms. The predicted octanol–water partition coefficient (Wildman–Crippen LogP) is 3.31. The van der Waals surface area contributed by atoms with Crippen molar-refractivity contribution in [2.24, 2.45) is 4.99 Å². The maximum atomic E-state index is 5.40. The van der Waals surface area contributed by atoms with Crippen LogP contribution in [0.5, 0.6) is 11.5 Å². The van der Waals surface area contributed by atoms with E-state index in [0.29, 0.717) is 13.3 Å². The minimum absolute atomic E-state index is 0. The summed E-state index contributed by atoms with van der Waals surface area (Å²) in [5, 5.41) is 6.66. The third-order valence-corrected chi connectivity index (χ3v) is 3.64. The van der Waals surface area contributed by atoms with Gasteiger partial charge in [-0.2, -0.15) is 0 Å². The van der Waals surface area contributed by atoms with Gasteiger partial charge in [0.2, 0.25) is 6.79 Å². The van der Waals surface area contributed by atoms with Crippen molar-refractivity contribution in [2.45, 2.75) is 26.3 Å². The first-order valence-electron chi connectivity index (χ1n) is 8.28. The van der Waals surface area contributed by atoms with Crippen molar-refractivity contribution < 1.29 is 13.9 Å². The van der Waals surface area contributed by atoms with Crippen LogP contribution in [-0.2, 0) is 13.0 Å². The number of furan rings is 1. The number of nitrogens with zero attached hydrogens (tertiary/aromatic N) is 1. The fraction of sp³-hybridized carbons (Fsp3) is 0.389. The van der Waals surface area contributed by atoms with Crippen molar-refractivity contribution in [1.29, 1.82) is 0 Å². The molecular formula is C18H24IN3O3. The molecule has 1 aliphatic heterocycles. The van der Waals surface area contributed by atoms with E-state index in [0.717, 1.165) is 54.7 Å². The lowest BCUT2D eigenvalue weighted by Crippen LogP contribution is -2.38. The van der Waals surface area contributed by atoms with Gasteiger partial charge in [-0.05, 0) is 36.2 Å². The van der Waals surface area contributed by atoms with E-state index < -0.39 is 0 Å². The van der Waals surface area contributed by atoms with Crippen molar-refractivity contribution in [3.05, 3.63) is 47.9 Å². The lowest BCUT2D eigenvalue weighted by atomic mass is 10.2. The summed E-state index contributed by atoms with van der Waals surface area (Å²) >= 11 is 0. The number of nitrogens with one attached hydrogen (secondary N) is 2. The van der Waals surface area contributed by atoms with Crippen LogP contribution in [0.1, 0.15) is 24.7 Å². The summed E-state index contributed by atoms with van der Waals surface area (Å²) in [6.07, 6.45) is 3.56. The second-order valence-electron chi connectivity index (χ2n) is 5.54. The third-order valence-electron chi connectivity index (χ3n) is 3.64. The zero-order valence-electron chi connectivity index (χ0n) is 14.3. The topological polar surface area (TPSA) is 68.0 Å². The smallest absolute Gasteiger partial charge is 0.231 e. The van der Waals surface area contributed by atoms with Crippen LogP contribution in [-0.4, -0.2) is 25.8 Å². The quantitative estimate of drug-likeness (QED) is 0.380. The van der Waals surface area contributed by atoms with Gasteiger partial charge in [-0.15, -0.1) is 24.0 Å². The predicted molar refractivity (Wildman–Crippen MR) is 108 cm³/mol. The highest BCUT2D eigenvalue weighted by Gasteiger charge is 2.12.